The molecule has 0 aliphatic rings. The van der Waals surface area contributed by atoms with E-state index < -0.39 is 23.3 Å². The van der Waals surface area contributed by atoms with Crippen molar-refractivity contribution in [3.05, 3.63) is 88.3 Å². The number of nitrogens with two attached hydrogens (primary N) is 1. The van der Waals surface area contributed by atoms with Crippen LogP contribution in [0.5, 0.6) is 0 Å². The quantitative estimate of drug-likeness (QED) is 0.488. The summed E-state index contributed by atoms with van der Waals surface area (Å²) in [4.78, 5) is 34.4. The summed E-state index contributed by atoms with van der Waals surface area (Å²) in [7, 11) is 0. The average Bonchev–Trinajstić information content (AvgIpc) is 2.72. The molecule has 3 aromatic rings. The third-order valence-electron chi connectivity index (χ3n) is 4.39. The summed E-state index contributed by atoms with van der Waals surface area (Å²) >= 11 is 0. The van der Waals surface area contributed by atoms with Gasteiger partial charge in [0.15, 0.2) is 5.78 Å². The predicted molar refractivity (Wildman–Crippen MR) is 109 cm³/mol. The van der Waals surface area contributed by atoms with E-state index in [1.807, 2.05) is 0 Å². The van der Waals surface area contributed by atoms with E-state index in [0.29, 0.717) is 22.9 Å². The first kappa shape index (κ1) is 22.6. The van der Waals surface area contributed by atoms with E-state index in [9.17, 15) is 22.8 Å². The molecule has 1 amide bonds. The second kappa shape index (κ2) is 9.39. The van der Waals surface area contributed by atoms with Crippen molar-refractivity contribution >= 4 is 11.7 Å². The molecule has 2 N–H and O–H groups in total. The molecule has 0 saturated carbocycles. The van der Waals surface area contributed by atoms with Crippen LogP contribution in [0.15, 0.2) is 48.8 Å². The number of halogens is 3. The summed E-state index contributed by atoms with van der Waals surface area (Å²) in [5.74, 6) is 4.47. The minimum Gasteiger partial charge on any atom is -0.369 e. The Balaban J connectivity index is 1.97. The largest absolute Gasteiger partial charge is 0.420 e. The van der Waals surface area contributed by atoms with Crippen molar-refractivity contribution in [2.75, 3.05) is 0 Å². The Morgan fingerprint density at radius 2 is 1.78 bits per heavy atom. The van der Waals surface area contributed by atoms with E-state index in [-0.39, 0.29) is 30.1 Å². The Labute approximate surface area is 181 Å². The van der Waals surface area contributed by atoms with Gasteiger partial charge in [-0.2, -0.15) is 13.2 Å². The third kappa shape index (κ3) is 5.76. The van der Waals surface area contributed by atoms with Crippen molar-refractivity contribution in [2.45, 2.75) is 25.9 Å². The predicted octanol–water partition coefficient (Wildman–Crippen LogP) is 3.11. The maximum Gasteiger partial charge on any atom is 0.420 e. The lowest BCUT2D eigenvalue weighted by molar-refractivity contribution is -0.138. The number of nitrogens with zero attached hydrogens (tertiary/aromatic N) is 3. The minimum absolute atomic E-state index is 0.0880. The zero-order valence-electron chi connectivity index (χ0n) is 16.9. The zero-order valence-corrected chi connectivity index (χ0v) is 16.9. The Morgan fingerprint density at radius 3 is 2.41 bits per heavy atom. The first-order valence-corrected chi connectivity index (χ1v) is 9.40. The fourth-order valence-corrected chi connectivity index (χ4v) is 2.84. The van der Waals surface area contributed by atoms with Crippen LogP contribution < -0.4 is 5.73 Å². The number of benzene rings is 1. The van der Waals surface area contributed by atoms with Crippen LogP contribution in [0.1, 0.15) is 51.2 Å². The molecule has 9 heteroatoms. The molecule has 0 unspecified atom stereocenters. The molecule has 0 aliphatic carbocycles. The van der Waals surface area contributed by atoms with Crippen molar-refractivity contribution in [3.63, 3.8) is 0 Å². The van der Waals surface area contributed by atoms with Gasteiger partial charge in [0.05, 0.1) is 6.42 Å². The molecule has 1 aromatic carbocycles. The van der Waals surface area contributed by atoms with Crippen LogP contribution in [0.25, 0.3) is 0 Å². The van der Waals surface area contributed by atoms with Crippen LogP contribution in [0.4, 0.5) is 13.2 Å². The number of amides is 1. The third-order valence-corrected chi connectivity index (χ3v) is 4.39. The van der Waals surface area contributed by atoms with Crippen molar-refractivity contribution in [1.82, 2.24) is 15.0 Å². The fourth-order valence-electron chi connectivity index (χ4n) is 2.84. The van der Waals surface area contributed by atoms with Gasteiger partial charge < -0.3 is 5.73 Å². The molecule has 0 aliphatic heterocycles. The summed E-state index contributed by atoms with van der Waals surface area (Å²) in [5.41, 5.74) is 5.47. The summed E-state index contributed by atoms with van der Waals surface area (Å²) in [6, 6.07) is 9.71. The highest BCUT2D eigenvalue weighted by Gasteiger charge is 2.34. The van der Waals surface area contributed by atoms with Gasteiger partial charge in [0.1, 0.15) is 22.8 Å². The SMILES string of the molecule is CC(=O)c1ccc(Cc2ncc(C(F)(F)F)c(C#Cc3ccccc3CC(N)=O)n2)cn1. The minimum atomic E-state index is -4.69. The molecule has 162 valence electrons. The lowest BCUT2D eigenvalue weighted by Crippen LogP contribution is -2.14. The van der Waals surface area contributed by atoms with Crippen molar-refractivity contribution < 1.29 is 22.8 Å². The number of hydrogen-bond acceptors (Lipinski definition) is 5. The van der Waals surface area contributed by atoms with E-state index in [2.05, 4.69) is 26.8 Å². The van der Waals surface area contributed by atoms with Gasteiger partial charge in [0.25, 0.3) is 0 Å². The molecule has 0 spiro atoms. The highest BCUT2D eigenvalue weighted by Crippen LogP contribution is 2.30. The van der Waals surface area contributed by atoms with E-state index >= 15 is 0 Å². The van der Waals surface area contributed by atoms with Crippen LogP contribution in [0.2, 0.25) is 0 Å². The van der Waals surface area contributed by atoms with Gasteiger partial charge in [-0.15, -0.1) is 0 Å². The van der Waals surface area contributed by atoms with Crippen molar-refractivity contribution in [3.8, 4) is 11.8 Å². The molecule has 3 rings (SSSR count). The zero-order chi connectivity index (χ0) is 23.3. The number of rotatable bonds is 5. The van der Waals surface area contributed by atoms with Gasteiger partial charge in [0, 0.05) is 31.3 Å². The summed E-state index contributed by atoms with van der Waals surface area (Å²) in [6.07, 6.45) is -2.53. The number of carbonyl (C=O) groups excluding carboxylic acids is 2. The molecule has 0 radical (unpaired) electrons. The Morgan fingerprint density at radius 1 is 1.03 bits per heavy atom. The average molecular weight is 438 g/mol. The lowest BCUT2D eigenvalue weighted by Gasteiger charge is -2.09. The summed E-state index contributed by atoms with van der Waals surface area (Å²) in [5, 5.41) is 0. The van der Waals surface area contributed by atoms with Gasteiger partial charge in [-0.3, -0.25) is 14.6 Å². The highest BCUT2D eigenvalue weighted by atomic mass is 19.4. The summed E-state index contributed by atoms with van der Waals surface area (Å²) in [6.45, 7) is 1.38. The highest BCUT2D eigenvalue weighted by molar-refractivity contribution is 5.91. The van der Waals surface area contributed by atoms with Crippen molar-refractivity contribution in [2.24, 2.45) is 5.73 Å². The number of primary amides is 1. The topological polar surface area (TPSA) is 98.8 Å². The van der Waals surface area contributed by atoms with Crippen LogP contribution in [0, 0.1) is 11.8 Å². The van der Waals surface area contributed by atoms with Crippen LogP contribution >= 0.6 is 0 Å². The van der Waals surface area contributed by atoms with Gasteiger partial charge >= 0.3 is 6.18 Å². The van der Waals surface area contributed by atoms with Crippen molar-refractivity contribution in [1.29, 1.82) is 0 Å². The standard InChI is InChI=1S/C23H17F3N4O2/c1-14(31)19-8-6-15(12-28-19)10-22-29-13-18(23(24,25)26)20(30-22)9-7-16-4-2-3-5-17(16)11-21(27)32/h2-6,8,12-13H,10-11H2,1H3,(H2,27,32). The Bertz CT molecular complexity index is 1230. The number of aromatic nitrogens is 3. The molecule has 0 fully saturated rings. The van der Waals surface area contributed by atoms with E-state index in [1.165, 1.54) is 19.2 Å². The van der Waals surface area contributed by atoms with E-state index in [0.717, 1.165) is 0 Å². The second-order valence-corrected chi connectivity index (χ2v) is 6.88. The summed E-state index contributed by atoms with van der Waals surface area (Å²) < 4.78 is 40.4. The molecular formula is C23H17F3N4O2. The van der Waals surface area contributed by atoms with Gasteiger partial charge in [0.2, 0.25) is 5.91 Å². The monoisotopic (exact) mass is 438 g/mol. The Kier molecular flexibility index (Phi) is 6.64. The molecule has 32 heavy (non-hydrogen) atoms. The smallest absolute Gasteiger partial charge is 0.369 e. The van der Waals surface area contributed by atoms with Crippen LogP contribution in [0.3, 0.4) is 0 Å². The molecular weight excluding hydrogens is 421 g/mol. The number of alkyl halides is 3. The number of carbonyl (C=O) groups is 2. The maximum absolute atomic E-state index is 13.5. The molecule has 0 saturated heterocycles. The van der Waals surface area contributed by atoms with Gasteiger partial charge in [-0.1, -0.05) is 30.2 Å². The molecule has 2 aromatic heterocycles. The molecule has 0 bridgehead atoms. The van der Waals surface area contributed by atoms with Crippen LogP contribution in [-0.2, 0) is 23.8 Å². The molecule has 6 nitrogen and oxygen atoms in total. The number of Topliss-reactive ketones (excluding diaryl/α,β-unsaturated/α-hetero) is 1. The molecule has 2 heterocycles. The van der Waals surface area contributed by atoms with E-state index in [4.69, 9.17) is 5.73 Å². The first-order valence-electron chi connectivity index (χ1n) is 9.40. The van der Waals surface area contributed by atoms with Gasteiger partial charge in [-0.25, -0.2) is 9.97 Å². The lowest BCUT2D eigenvalue weighted by atomic mass is 10.0. The fraction of sp³-hybridized carbons (Fsp3) is 0.174. The van der Waals surface area contributed by atoms with Gasteiger partial charge in [-0.05, 0) is 29.2 Å². The number of pyridine rings is 1. The number of hydrogen-bond donors (Lipinski definition) is 1. The molecule has 0 atom stereocenters. The van der Waals surface area contributed by atoms with Crippen LogP contribution in [-0.4, -0.2) is 26.6 Å². The maximum atomic E-state index is 13.5. The normalized spacial score (nSPS) is 10.9. The second-order valence-electron chi connectivity index (χ2n) is 6.88. The van der Waals surface area contributed by atoms with E-state index in [1.54, 1.807) is 30.3 Å². The number of ketones is 1. The Hall–Kier alpha value is -4.06. The first-order chi connectivity index (χ1) is 15.1.